The van der Waals surface area contributed by atoms with Gasteiger partial charge in [-0.05, 0) is 48.9 Å². The lowest BCUT2D eigenvalue weighted by Crippen LogP contribution is -2.24. The SMILES string of the molecule is COc1ccc(N2CC(c3nc4ccc(C)cc4[nH]3)CC2=O)cc1. The number of aromatic nitrogens is 2. The van der Waals surface area contributed by atoms with Crippen LogP contribution in [0.4, 0.5) is 5.69 Å². The van der Waals surface area contributed by atoms with Gasteiger partial charge in [0.2, 0.25) is 5.91 Å². The maximum absolute atomic E-state index is 12.4. The van der Waals surface area contributed by atoms with E-state index < -0.39 is 0 Å². The summed E-state index contributed by atoms with van der Waals surface area (Å²) in [6.07, 6.45) is 0.477. The number of anilines is 1. The largest absolute Gasteiger partial charge is 0.497 e. The zero-order valence-electron chi connectivity index (χ0n) is 13.7. The number of hydrogen-bond acceptors (Lipinski definition) is 3. The number of fused-ring (bicyclic) bond motifs is 1. The van der Waals surface area contributed by atoms with Gasteiger partial charge in [0.25, 0.3) is 0 Å². The Kier molecular flexibility index (Phi) is 3.49. The minimum absolute atomic E-state index is 0.0901. The number of nitrogens with one attached hydrogen (secondary N) is 1. The van der Waals surface area contributed by atoms with Crippen LogP contribution in [0.15, 0.2) is 42.5 Å². The second kappa shape index (κ2) is 5.67. The fourth-order valence-electron chi connectivity index (χ4n) is 3.24. The van der Waals surface area contributed by atoms with E-state index in [4.69, 9.17) is 4.74 Å². The summed E-state index contributed by atoms with van der Waals surface area (Å²) in [7, 11) is 1.63. The summed E-state index contributed by atoms with van der Waals surface area (Å²) >= 11 is 0. The van der Waals surface area contributed by atoms with Crippen molar-refractivity contribution in [1.82, 2.24) is 9.97 Å². The Balaban J connectivity index is 1.60. The van der Waals surface area contributed by atoms with Gasteiger partial charge in [0.1, 0.15) is 11.6 Å². The summed E-state index contributed by atoms with van der Waals surface area (Å²) in [5.41, 5.74) is 4.07. The van der Waals surface area contributed by atoms with E-state index in [1.54, 1.807) is 7.11 Å². The lowest BCUT2D eigenvalue weighted by Gasteiger charge is -2.16. The fourth-order valence-corrected chi connectivity index (χ4v) is 3.24. The molecule has 2 heterocycles. The maximum Gasteiger partial charge on any atom is 0.227 e. The summed E-state index contributed by atoms with van der Waals surface area (Å²) in [4.78, 5) is 22.3. The summed E-state index contributed by atoms with van der Waals surface area (Å²) in [5, 5.41) is 0. The number of ether oxygens (including phenoxy) is 1. The Labute approximate surface area is 140 Å². The van der Waals surface area contributed by atoms with Gasteiger partial charge in [0.05, 0.1) is 18.1 Å². The van der Waals surface area contributed by atoms with Crippen molar-refractivity contribution < 1.29 is 9.53 Å². The van der Waals surface area contributed by atoms with Crippen LogP contribution in [0.1, 0.15) is 23.7 Å². The van der Waals surface area contributed by atoms with E-state index in [2.05, 4.69) is 29.0 Å². The Morgan fingerprint density at radius 3 is 2.75 bits per heavy atom. The molecule has 1 amide bonds. The molecule has 1 aromatic heterocycles. The molecule has 24 heavy (non-hydrogen) atoms. The van der Waals surface area contributed by atoms with Gasteiger partial charge >= 0.3 is 0 Å². The van der Waals surface area contributed by atoms with Crippen LogP contribution in [0.3, 0.4) is 0 Å². The smallest absolute Gasteiger partial charge is 0.227 e. The third-order valence-corrected chi connectivity index (χ3v) is 4.55. The van der Waals surface area contributed by atoms with E-state index in [0.717, 1.165) is 28.3 Å². The highest BCUT2D eigenvalue weighted by Gasteiger charge is 2.33. The second-order valence-corrected chi connectivity index (χ2v) is 6.25. The first-order valence-electron chi connectivity index (χ1n) is 8.05. The number of benzene rings is 2. The number of rotatable bonds is 3. The summed E-state index contributed by atoms with van der Waals surface area (Å²) in [5.74, 6) is 1.89. The van der Waals surface area contributed by atoms with Crippen molar-refractivity contribution in [2.45, 2.75) is 19.3 Å². The molecule has 0 saturated carbocycles. The van der Waals surface area contributed by atoms with Crippen LogP contribution in [0.25, 0.3) is 11.0 Å². The molecule has 0 aliphatic carbocycles. The number of nitrogens with zero attached hydrogens (tertiary/aromatic N) is 2. The first-order valence-corrected chi connectivity index (χ1v) is 8.05. The Morgan fingerprint density at radius 2 is 2.00 bits per heavy atom. The van der Waals surface area contributed by atoms with Crippen LogP contribution in [-0.4, -0.2) is 29.5 Å². The molecule has 1 atom stereocenters. The predicted molar refractivity (Wildman–Crippen MR) is 93.5 cm³/mol. The summed E-state index contributed by atoms with van der Waals surface area (Å²) in [6.45, 7) is 2.70. The van der Waals surface area contributed by atoms with E-state index in [1.165, 1.54) is 5.56 Å². The average molecular weight is 321 g/mol. The van der Waals surface area contributed by atoms with Crippen molar-refractivity contribution in [3.8, 4) is 5.75 Å². The van der Waals surface area contributed by atoms with Gasteiger partial charge in [-0.25, -0.2) is 4.98 Å². The molecular formula is C19H19N3O2. The molecule has 0 spiro atoms. The highest BCUT2D eigenvalue weighted by atomic mass is 16.5. The van der Waals surface area contributed by atoms with Gasteiger partial charge in [-0.15, -0.1) is 0 Å². The van der Waals surface area contributed by atoms with Crippen molar-refractivity contribution in [3.63, 3.8) is 0 Å². The number of imidazole rings is 1. The zero-order valence-corrected chi connectivity index (χ0v) is 13.7. The monoisotopic (exact) mass is 321 g/mol. The first kappa shape index (κ1) is 14.8. The molecule has 2 aromatic carbocycles. The number of aromatic amines is 1. The molecule has 1 N–H and O–H groups in total. The third kappa shape index (κ3) is 2.52. The van der Waals surface area contributed by atoms with Crippen molar-refractivity contribution in [1.29, 1.82) is 0 Å². The van der Waals surface area contributed by atoms with Crippen molar-refractivity contribution >= 4 is 22.6 Å². The van der Waals surface area contributed by atoms with Crippen molar-refractivity contribution in [2.75, 3.05) is 18.6 Å². The quantitative estimate of drug-likeness (QED) is 0.804. The molecule has 122 valence electrons. The molecule has 1 aliphatic rings. The molecular weight excluding hydrogens is 302 g/mol. The number of carbonyl (C=O) groups is 1. The molecule has 1 fully saturated rings. The van der Waals surface area contributed by atoms with Crippen LogP contribution in [-0.2, 0) is 4.79 Å². The van der Waals surface area contributed by atoms with E-state index in [-0.39, 0.29) is 11.8 Å². The number of amides is 1. The summed E-state index contributed by atoms with van der Waals surface area (Å²) in [6, 6.07) is 13.7. The van der Waals surface area contributed by atoms with Gasteiger partial charge in [-0.2, -0.15) is 0 Å². The van der Waals surface area contributed by atoms with E-state index in [1.807, 2.05) is 35.2 Å². The van der Waals surface area contributed by atoms with Crippen LogP contribution in [0.2, 0.25) is 0 Å². The lowest BCUT2D eigenvalue weighted by molar-refractivity contribution is -0.117. The topological polar surface area (TPSA) is 58.2 Å². The van der Waals surface area contributed by atoms with Gasteiger partial charge < -0.3 is 14.6 Å². The molecule has 1 aliphatic heterocycles. The third-order valence-electron chi connectivity index (χ3n) is 4.55. The Bertz CT molecular complexity index is 899. The van der Waals surface area contributed by atoms with Gasteiger partial charge in [0, 0.05) is 24.6 Å². The highest BCUT2D eigenvalue weighted by molar-refractivity contribution is 5.96. The fraction of sp³-hybridized carbons (Fsp3) is 0.263. The standard InChI is InChI=1S/C19H19N3O2/c1-12-3-8-16-17(9-12)21-19(20-16)13-10-18(23)22(11-13)14-4-6-15(24-2)7-5-14/h3-9,13H,10-11H2,1-2H3,(H,20,21). The molecule has 3 aromatic rings. The molecule has 5 nitrogen and oxygen atoms in total. The van der Waals surface area contributed by atoms with Crippen LogP contribution >= 0.6 is 0 Å². The number of methoxy groups -OCH3 is 1. The molecule has 4 rings (SSSR count). The Morgan fingerprint density at radius 1 is 1.21 bits per heavy atom. The van der Waals surface area contributed by atoms with E-state index in [0.29, 0.717) is 13.0 Å². The number of aryl methyl sites for hydroxylation is 1. The van der Waals surface area contributed by atoms with Crippen LogP contribution in [0, 0.1) is 6.92 Å². The molecule has 5 heteroatoms. The lowest BCUT2D eigenvalue weighted by atomic mass is 10.1. The van der Waals surface area contributed by atoms with Crippen LogP contribution in [0.5, 0.6) is 5.75 Å². The number of carbonyl (C=O) groups excluding carboxylic acids is 1. The highest BCUT2D eigenvalue weighted by Crippen LogP contribution is 2.32. The maximum atomic E-state index is 12.4. The molecule has 0 radical (unpaired) electrons. The van der Waals surface area contributed by atoms with Gasteiger partial charge in [0.15, 0.2) is 0 Å². The van der Waals surface area contributed by atoms with Crippen molar-refractivity contribution in [2.24, 2.45) is 0 Å². The average Bonchev–Trinajstić information content (AvgIpc) is 3.18. The van der Waals surface area contributed by atoms with E-state index in [9.17, 15) is 4.79 Å². The minimum Gasteiger partial charge on any atom is -0.497 e. The number of H-pyrrole nitrogens is 1. The predicted octanol–water partition coefficient (Wildman–Crippen LogP) is 3.40. The van der Waals surface area contributed by atoms with Gasteiger partial charge in [-0.1, -0.05) is 6.07 Å². The first-order chi connectivity index (χ1) is 11.6. The molecule has 1 unspecified atom stereocenters. The summed E-state index contributed by atoms with van der Waals surface area (Å²) < 4.78 is 5.17. The number of hydrogen-bond donors (Lipinski definition) is 1. The van der Waals surface area contributed by atoms with E-state index >= 15 is 0 Å². The second-order valence-electron chi connectivity index (χ2n) is 6.25. The van der Waals surface area contributed by atoms with Crippen molar-refractivity contribution in [3.05, 3.63) is 53.9 Å². The molecule has 1 saturated heterocycles. The molecule has 0 bridgehead atoms. The Hall–Kier alpha value is -2.82. The minimum atomic E-state index is 0.0901. The normalized spacial score (nSPS) is 17.7. The zero-order chi connectivity index (χ0) is 16.7. The van der Waals surface area contributed by atoms with Gasteiger partial charge in [-0.3, -0.25) is 4.79 Å². The van der Waals surface area contributed by atoms with Crippen LogP contribution < -0.4 is 9.64 Å².